The lowest BCUT2D eigenvalue weighted by Gasteiger charge is -2.16. The SMILES string of the molecule is COC[C@@H](C)NC(=O)c1cccc2c(-c3ccc(C(F)(F)F)cc3)cc(OC)cc12. The van der Waals surface area contributed by atoms with Crippen LogP contribution in [0.3, 0.4) is 0 Å². The molecule has 0 aliphatic carbocycles. The Hall–Kier alpha value is -3.06. The van der Waals surface area contributed by atoms with Crippen LogP contribution in [0.15, 0.2) is 54.6 Å². The van der Waals surface area contributed by atoms with E-state index in [1.807, 2.05) is 13.0 Å². The number of ether oxygens (including phenoxy) is 2. The zero-order valence-electron chi connectivity index (χ0n) is 16.8. The van der Waals surface area contributed by atoms with Crippen LogP contribution in [0.1, 0.15) is 22.8 Å². The minimum atomic E-state index is -4.40. The molecule has 0 bridgehead atoms. The molecule has 158 valence electrons. The van der Waals surface area contributed by atoms with Gasteiger partial charge in [0.15, 0.2) is 0 Å². The van der Waals surface area contributed by atoms with Gasteiger partial charge in [0.2, 0.25) is 0 Å². The van der Waals surface area contributed by atoms with Gasteiger partial charge in [-0.05, 0) is 59.2 Å². The highest BCUT2D eigenvalue weighted by atomic mass is 19.4. The number of carbonyl (C=O) groups excluding carboxylic acids is 1. The van der Waals surface area contributed by atoms with E-state index in [0.29, 0.717) is 34.4 Å². The highest BCUT2D eigenvalue weighted by molar-refractivity contribution is 6.11. The fraction of sp³-hybridized carbons (Fsp3) is 0.261. The van der Waals surface area contributed by atoms with E-state index in [0.717, 1.165) is 17.5 Å². The van der Waals surface area contributed by atoms with E-state index in [4.69, 9.17) is 9.47 Å². The molecule has 0 saturated heterocycles. The molecule has 3 rings (SSSR count). The standard InChI is InChI=1S/C23H22F3NO3/c1-14(13-29-2)27-22(28)19-6-4-5-18-20(11-17(30-3)12-21(18)19)15-7-9-16(10-8-15)23(24,25)26/h4-12,14H,13H2,1-3H3,(H,27,28)/t14-/m1/s1. The summed E-state index contributed by atoms with van der Waals surface area (Å²) in [6.07, 6.45) is -4.40. The Bertz CT molecular complexity index is 1050. The first-order valence-corrected chi connectivity index (χ1v) is 9.32. The largest absolute Gasteiger partial charge is 0.497 e. The zero-order chi connectivity index (χ0) is 21.9. The van der Waals surface area contributed by atoms with Gasteiger partial charge in [-0.25, -0.2) is 0 Å². The van der Waals surface area contributed by atoms with Gasteiger partial charge in [-0.1, -0.05) is 24.3 Å². The maximum Gasteiger partial charge on any atom is 0.416 e. The second-order valence-electron chi connectivity index (χ2n) is 6.98. The van der Waals surface area contributed by atoms with Gasteiger partial charge in [0, 0.05) is 18.7 Å². The van der Waals surface area contributed by atoms with Crippen LogP contribution in [-0.4, -0.2) is 32.8 Å². The van der Waals surface area contributed by atoms with E-state index in [1.54, 1.807) is 31.4 Å². The number of benzene rings is 3. The van der Waals surface area contributed by atoms with Gasteiger partial charge in [0.25, 0.3) is 5.91 Å². The van der Waals surface area contributed by atoms with Crippen molar-refractivity contribution in [2.24, 2.45) is 0 Å². The number of halogens is 3. The molecule has 1 amide bonds. The number of hydrogen-bond acceptors (Lipinski definition) is 3. The molecule has 4 nitrogen and oxygen atoms in total. The third kappa shape index (κ3) is 4.57. The number of rotatable bonds is 6. The first-order chi connectivity index (χ1) is 14.2. The summed E-state index contributed by atoms with van der Waals surface area (Å²) in [5, 5.41) is 4.27. The van der Waals surface area contributed by atoms with Crippen molar-refractivity contribution in [1.29, 1.82) is 0 Å². The fourth-order valence-electron chi connectivity index (χ4n) is 3.35. The highest BCUT2D eigenvalue weighted by Gasteiger charge is 2.30. The van der Waals surface area contributed by atoms with Crippen molar-refractivity contribution in [3.8, 4) is 16.9 Å². The third-order valence-corrected chi connectivity index (χ3v) is 4.77. The van der Waals surface area contributed by atoms with Crippen LogP contribution in [0.25, 0.3) is 21.9 Å². The Balaban J connectivity index is 2.11. The predicted octanol–water partition coefficient (Wildman–Crippen LogP) is 5.30. The maximum absolute atomic E-state index is 12.9. The smallest absolute Gasteiger partial charge is 0.416 e. The molecule has 0 fully saturated rings. The number of nitrogens with one attached hydrogen (secondary N) is 1. The van der Waals surface area contributed by atoms with Gasteiger partial charge in [-0.15, -0.1) is 0 Å². The lowest BCUT2D eigenvalue weighted by Crippen LogP contribution is -2.35. The van der Waals surface area contributed by atoms with Crippen LogP contribution in [0, 0.1) is 0 Å². The average molecular weight is 417 g/mol. The summed E-state index contributed by atoms with van der Waals surface area (Å²) in [7, 11) is 3.06. The number of amides is 1. The second kappa shape index (κ2) is 8.75. The van der Waals surface area contributed by atoms with Gasteiger partial charge in [0.1, 0.15) is 5.75 Å². The van der Waals surface area contributed by atoms with E-state index in [1.165, 1.54) is 19.2 Å². The molecule has 0 unspecified atom stereocenters. The van der Waals surface area contributed by atoms with Crippen LogP contribution in [0.4, 0.5) is 13.2 Å². The van der Waals surface area contributed by atoms with Gasteiger partial charge < -0.3 is 14.8 Å². The van der Waals surface area contributed by atoms with E-state index >= 15 is 0 Å². The van der Waals surface area contributed by atoms with E-state index < -0.39 is 11.7 Å². The zero-order valence-corrected chi connectivity index (χ0v) is 16.8. The Kier molecular flexibility index (Phi) is 6.31. The number of alkyl halides is 3. The fourth-order valence-corrected chi connectivity index (χ4v) is 3.35. The monoisotopic (exact) mass is 417 g/mol. The summed E-state index contributed by atoms with van der Waals surface area (Å²) in [4.78, 5) is 12.8. The Morgan fingerprint density at radius 1 is 1.03 bits per heavy atom. The number of hydrogen-bond donors (Lipinski definition) is 1. The molecule has 0 saturated carbocycles. The maximum atomic E-state index is 12.9. The summed E-state index contributed by atoms with van der Waals surface area (Å²) >= 11 is 0. The van der Waals surface area contributed by atoms with Gasteiger partial charge >= 0.3 is 6.18 Å². The van der Waals surface area contributed by atoms with Crippen LogP contribution in [0.2, 0.25) is 0 Å². The number of carbonyl (C=O) groups is 1. The Morgan fingerprint density at radius 2 is 1.73 bits per heavy atom. The molecule has 3 aromatic rings. The molecule has 7 heteroatoms. The molecular formula is C23H22F3NO3. The minimum absolute atomic E-state index is 0.183. The summed E-state index contributed by atoms with van der Waals surface area (Å²) in [6, 6.07) is 13.5. The van der Waals surface area contributed by atoms with Gasteiger partial charge in [0.05, 0.1) is 19.3 Å². The molecule has 30 heavy (non-hydrogen) atoms. The van der Waals surface area contributed by atoms with E-state index in [-0.39, 0.29) is 11.9 Å². The molecular weight excluding hydrogens is 395 g/mol. The van der Waals surface area contributed by atoms with Crippen molar-refractivity contribution in [3.63, 3.8) is 0 Å². The van der Waals surface area contributed by atoms with Crippen LogP contribution >= 0.6 is 0 Å². The molecule has 0 aliphatic heterocycles. The van der Waals surface area contributed by atoms with Crippen LogP contribution in [0.5, 0.6) is 5.75 Å². The molecule has 1 N–H and O–H groups in total. The molecule has 1 atom stereocenters. The van der Waals surface area contributed by atoms with Crippen LogP contribution < -0.4 is 10.1 Å². The number of fused-ring (bicyclic) bond motifs is 1. The molecule has 0 spiro atoms. The molecule has 0 aromatic heterocycles. The summed E-state index contributed by atoms with van der Waals surface area (Å²) < 4.78 is 49.2. The van der Waals surface area contributed by atoms with Gasteiger partial charge in [-0.3, -0.25) is 4.79 Å². The van der Waals surface area contributed by atoms with E-state index in [2.05, 4.69) is 5.32 Å². The summed E-state index contributed by atoms with van der Waals surface area (Å²) in [5.41, 5.74) is 1.00. The first-order valence-electron chi connectivity index (χ1n) is 9.32. The van der Waals surface area contributed by atoms with Gasteiger partial charge in [-0.2, -0.15) is 13.2 Å². The quantitative estimate of drug-likeness (QED) is 0.592. The topological polar surface area (TPSA) is 47.6 Å². The molecule has 3 aromatic carbocycles. The Labute approximate surface area is 172 Å². The van der Waals surface area contributed by atoms with Crippen molar-refractivity contribution >= 4 is 16.7 Å². The minimum Gasteiger partial charge on any atom is -0.497 e. The average Bonchev–Trinajstić information content (AvgIpc) is 2.72. The third-order valence-electron chi connectivity index (χ3n) is 4.77. The lowest BCUT2D eigenvalue weighted by atomic mass is 9.94. The van der Waals surface area contributed by atoms with Crippen molar-refractivity contribution in [2.75, 3.05) is 20.8 Å². The lowest BCUT2D eigenvalue weighted by molar-refractivity contribution is -0.137. The normalized spacial score (nSPS) is 12.6. The predicted molar refractivity (Wildman–Crippen MR) is 110 cm³/mol. The van der Waals surface area contributed by atoms with Crippen molar-refractivity contribution in [3.05, 3.63) is 65.7 Å². The van der Waals surface area contributed by atoms with Crippen molar-refractivity contribution < 1.29 is 27.4 Å². The molecule has 0 radical (unpaired) electrons. The molecule has 0 aliphatic rings. The number of methoxy groups -OCH3 is 2. The highest BCUT2D eigenvalue weighted by Crippen LogP contribution is 2.36. The van der Waals surface area contributed by atoms with Crippen molar-refractivity contribution in [2.45, 2.75) is 19.1 Å². The summed E-state index contributed by atoms with van der Waals surface area (Å²) in [5.74, 6) is 0.236. The first kappa shape index (κ1) is 21.6. The molecule has 0 heterocycles. The van der Waals surface area contributed by atoms with Crippen molar-refractivity contribution in [1.82, 2.24) is 5.32 Å². The summed E-state index contributed by atoms with van der Waals surface area (Å²) in [6.45, 7) is 2.21. The van der Waals surface area contributed by atoms with E-state index in [9.17, 15) is 18.0 Å². The van der Waals surface area contributed by atoms with Crippen LogP contribution in [-0.2, 0) is 10.9 Å². The second-order valence-corrected chi connectivity index (χ2v) is 6.98. The Morgan fingerprint density at radius 3 is 2.33 bits per heavy atom.